The third-order valence-electron chi connectivity index (χ3n) is 6.12. The first-order chi connectivity index (χ1) is 13.6. The molecule has 2 aliphatic heterocycles. The van der Waals surface area contributed by atoms with E-state index in [2.05, 4.69) is 11.0 Å². The Balaban J connectivity index is 1.33. The van der Waals surface area contributed by atoms with Crippen LogP contribution in [0.25, 0.3) is 0 Å². The summed E-state index contributed by atoms with van der Waals surface area (Å²) in [5.41, 5.74) is 0.408. The first-order valence-electron chi connectivity index (χ1n) is 10.3. The second kappa shape index (κ2) is 7.62. The van der Waals surface area contributed by atoms with Crippen molar-refractivity contribution in [1.82, 2.24) is 14.7 Å². The fraction of sp³-hybridized carbons (Fsp3) is 0.619. The van der Waals surface area contributed by atoms with Gasteiger partial charge in [-0.05, 0) is 44.4 Å². The molecule has 4 rings (SSSR count). The van der Waals surface area contributed by atoms with Crippen LogP contribution in [0.4, 0.5) is 0 Å². The number of ether oxygens (including phenoxy) is 2. The lowest BCUT2D eigenvalue weighted by Crippen LogP contribution is -2.53. The number of carbonyl (C=O) groups excluding carboxylic acids is 2. The minimum Gasteiger partial charge on any atom is -0.454 e. The van der Waals surface area contributed by atoms with Crippen LogP contribution in [0.2, 0.25) is 0 Å². The molecule has 1 saturated carbocycles. The van der Waals surface area contributed by atoms with Gasteiger partial charge < -0.3 is 19.3 Å². The highest BCUT2D eigenvalue weighted by molar-refractivity contribution is 6.07. The van der Waals surface area contributed by atoms with Gasteiger partial charge in [-0.15, -0.1) is 0 Å². The van der Waals surface area contributed by atoms with Gasteiger partial charge in [0.05, 0.1) is 0 Å². The number of fused-ring (bicyclic) bond motifs is 1. The molecule has 0 spiro atoms. The van der Waals surface area contributed by atoms with E-state index >= 15 is 0 Å². The van der Waals surface area contributed by atoms with E-state index in [1.807, 2.05) is 30.9 Å². The summed E-state index contributed by atoms with van der Waals surface area (Å²) < 4.78 is 10.8. The molecular weight excluding hydrogens is 358 g/mol. The van der Waals surface area contributed by atoms with Gasteiger partial charge in [-0.25, -0.2) is 0 Å². The zero-order chi connectivity index (χ0) is 19.7. The van der Waals surface area contributed by atoms with Gasteiger partial charge in [0.2, 0.25) is 18.6 Å². The Hall–Kier alpha value is -2.28. The summed E-state index contributed by atoms with van der Waals surface area (Å²) in [5.74, 6) is 1.65. The van der Waals surface area contributed by atoms with E-state index in [4.69, 9.17) is 9.47 Å². The number of nitrogens with zero attached hydrogens (tertiary/aromatic N) is 3. The molecule has 0 N–H and O–H groups in total. The standard InChI is InChI=1S/C21H29N3O4/c1-3-23(4-2)19(25)21(7-8-21)20(26)24-11-9-22(10-12-24)14-16-5-6-17-18(13-16)28-15-27-17/h5-6,13H,3-4,7-12,14-15H2,1-2H3. The smallest absolute Gasteiger partial charge is 0.238 e. The largest absolute Gasteiger partial charge is 0.454 e. The number of hydrogen-bond donors (Lipinski definition) is 0. The topological polar surface area (TPSA) is 62.3 Å². The van der Waals surface area contributed by atoms with Crippen LogP contribution in [0.15, 0.2) is 18.2 Å². The van der Waals surface area contributed by atoms with Crippen LogP contribution in [0.1, 0.15) is 32.3 Å². The normalized spacial score (nSPS) is 20.1. The van der Waals surface area contributed by atoms with Gasteiger partial charge in [0.25, 0.3) is 0 Å². The average Bonchev–Trinajstić information content (AvgIpc) is 3.40. The molecule has 7 nitrogen and oxygen atoms in total. The minimum atomic E-state index is -0.772. The van der Waals surface area contributed by atoms with Crippen molar-refractivity contribution >= 4 is 11.8 Å². The van der Waals surface area contributed by atoms with Gasteiger partial charge in [-0.3, -0.25) is 14.5 Å². The van der Waals surface area contributed by atoms with E-state index in [0.717, 1.165) is 31.1 Å². The molecule has 28 heavy (non-hydrogen) atoms. The van der Waals surface area contributed by atoms with Crippen molar-refractivity contribution in [1.29, 1.82) is 0 Å². The fourth-order valence-corrected chi connectivity index (χ4v) is 4.17. The predicted octanol–water partition coefficient (Wildman–Crippen LogP) is 1.71. The molecule has 2 amide bonds. The lowest BCUT2D eigenvalue weighted by molar-refractivity contribution is -0.150. The summed E-state index contributed by atoms with van der Waals surface area (Å²) in [6.45, 7) is 9.35. The SMILES string of the molecule is CCN(CC)C(=O)C1(C(=O)N2CCN(Cc3ccc4c(c3)OCO4)CC2)CC1. The molecule has 0 bridgehead atoms. The molecule has 2 heterocycles. The van der Waals surface area contributed by atoms with E-state index in [9.17, 15) is 9.59 Å². The summed E-state index contributed by atoms with van der Waals surface area (Å²) in [5, 5.41) is 0. The maximum Gasteiger partial charge on any atom is 0.238 e. The number of benzene rings is 1. The van der Waals surface area contributed by atoms with E-state index in [0.29, 0.717) is 39.0 Å². The fourth-order valence-electron chi connectivity index (χ4n) is 4.17. The van der Waals surface area contributed by atoms with Gasteiger partial charge in [0.1, 0.15) is 5.41 Å². The Morgan fingerprint density at radius 2 is 1.71 bits per heavy atom. The van der Waals surface area contributed by atoms with E-state index in [-0.39, 0.29) is 18.6 Å². The summed E-state index contributed by atoms with van der Waals surface area (Å²) in [6.07, 6.45) is 1.39. The third-order valence-corrected chi connectivity index (χ3v) is 6.12. The van der Waals surface area contributed by atoms with Crippen molar-refractivity contribution in [3.05, 3.63) is 23.8 Å². The van der Waals surface area contributed by atoms with Crippen molar-refractivity contribution < 1.29 is 19.1 Å². The molecule has 1 aliphatic carbocycles. The zero-order valence-corrected chi connectivity index (χ0v) is 16.8. The summed E-state index contributed by atoms with van der Waals surface area (Å²) in [7, 11) is 0. The van der Waals surface area contributed by atoms with Gasteiger partial charge in [-0.1, -0.05) is 6.07 Å². The van der Waals surface area contributed by atoms with Crippen LogP contribution in [-0.4, -0.2) is 72.6 Å². The molecule has 152 valence electrons. The lowest BCUT2D eigenvalue weighted by atomic mass is 10.0. The van der Waals surface area contributed by atoms with E-state index in [1.165, 1.54) is 5.56 Å². The summed E-state index contributed by atoms with van der Waals surface area (Å²) in [4.78, 5) is 31.9. The minimum absolute atomic E-state index is 0.0188. The molecule has 1 aromatic carbocycles. The van der Waals surface area contributed by atoms with Crippen molar-refractivity contribution in [3.8, 4) is 11.5 Å². The van der Waals surface area contributed by atoms with Crippen LogP contribution < -0.4 is 9.47 Å². The van der Waals surface area contributed by atoms with Crippen molar-refractivity contribution in [2.45, 2.75) is 33.2 Å². The monoisotopic (exact) mass is 387 g/mol. The van der Waals surface area contributed by atoms with Gasteiger partial charge in [0.15, 0.2) is 11.5 Å². The molecule has 0 unspecified atom stereocenters. The quantitative estimate of drug-likeness (QED) is 0.696. The molecule has 0 atom stereocenters. The third kappa shape index (κ3) is 3.43. The average molecular weight is 387 g/mol. The highest BCUT2D eigenvalue weighted by atomic mass is 16.7. The van der Waals surface area contributed by atoms with E-state index < -0.39 is 5.41 Å². The van der Waals surface area contributed by atoms with Crippen LogP contribution in [-0.2, 0) is 16.1 Å². The van der Waals surface area contributed by atoms with Crippen molar-refractivity contribution in [2.24, 2.45) is 5.41 Å². The number of carbonyl (C=O) groups is 2. The molecule has 3 aliphatic rings. The number of amides is 2. The maximum absolute atomic E-state index is 13.1. The Morgan fingerprint density at radius 1 is 1.04 bits per heavy atom. The van der Waals surface area contributed by atoms with Gasteiger partial charge in [-0.2, -0.15) is 0 Å². The van der Waals surface area contributed by atoms with Crippen molar-refractivity contribution in [3.63, 3.8) is 0 Å². The second-order valence-electron chi connectivity index (χ2n) is 7.82. The summed E-state index contributed by atoms with van der Waals surface area (Å²) >= 11 is 0. The highest BCUT2D eigenvalue weighted by Gasteiger charge is 2.59. The number of piperazine rings is 1. The van der Waals surface area contributed by atoms with Crippen LogP contribution >= 0.6 is 0 Å². The second-order valence-corrected chi connectivity index (χ2v) is 7.82. The lowest BCUT2D eigenvalue weighted by Gasteiger charge is -2.37. The number of hydrogen-bond acceptors (Lipinski definition) is 5. The van der Waals surface area contributed by atoms with Gasteiger partial charge >= 0.3 is 0 Å². The molecule has 2 fully saturated rings. The zero-order valence-electron chi connectivity index (χ0n) is 16.8. The molecule has 1 saturated heterocycles. The van der Waals surface area contributed by atoms with Crippen molar-refractivity contribution in [2.75, 3.05) is 46.1 Å². The van der Waals surface area contributed by atoms with Crippen LogP contribution in [0.3, 0.4) is 0 Å². The summed E-state index contributed by atoms with van der Waals surface area (Å²) in [6, 6.07) is 6.04. The molecule has 1 aromatic rings. The molecule has 0 radical (unpaired) electrons. The van der Waals surface area contributed by atoms with Crippen LogP contribution in [0.5, 0.6) is 11.5 Å². The first-order valence-corrected chi connectivity index (χ1v) is 10.3. The Morgan fingerprint density at radius 3 is 2.36 bits per heavy atom. The van der Waals surface area contributed by atoms with E-state index in [1.54, 1.807) is 4.90 Å². The molecular formula is C21H29N3O4. The molecule has 0 aromatic heterocycles. The predicted molar refractivity (Wildman–Crippen MR) is 104 cm³/mol. The first kappa shape index (κ1) is 19.1. The Kier molecular flexibility index (Phi) is 5.19. The van der Waals surface area contributed by atoms with Gasteiger partial charge in [0, 0.05) is 45.8 Å². The molecule has 7 heteroatoms. The van der Waals surface area contributed by atoms with Crippen LogP contribution in [0, 0.1) is 5.41 Å². The maximum atomic E-state index is 13.1. The number of rotatable bonds is 6. The Bertz CT molecular complexity index is 750. The Labute approximate surface area is 166 Å². The highest BCUT2D eigenvalue weighted by Crippen LogP contribution is 2.49.